The minimum Gasteiger partial charge on any atom is -0.483 e. The quantitative estimate of drug-likeness (QED) is 0.349. The Kier molecular flexibility index (Phi) is 5.53. The Bertz CT molecular complexity index is 869. The summed E-state index contributed by atoms with van der Waals surface area (Å²) in [7, 11) is 1.31. The van der Waals surface area contributed by atoms with Gasteiger partial charge in [0.05, 0.1) is 18.2 Å². The molecule has 1 aromatic carbocycles. The van der Waals surface area contributed by atoms with Gasteiger partial charge in [-0.05, 0) is 37.3 Å². The Morgan fingerprint density at radius 3 is 2.92 bits per heavy atom. The van der Waals surface area contributed by atoms with Crippen molar-refractivity contribution in [2.45, 2.75) is 13.5 Å². The van der Waals surface area contributed by atoms with Crippen LogP contribution in [0.1, 0.15) is 23.2 Å². The van der Waals surface area contributed by atoms with E-state index in [2.05, 4.69) is 16.3 Å². The molecule has 2 aromatic rings. The molecule has 0 amide bonds. The number of esters is 1. The number of rotatable bonds is 6. The minimum absolute atomic E-state index is 0.0536. The van der Waals surface area contributed by atoms with Gasteiger partial charge < -0.3 is 13.9 Å². The van der Waals surface area contributed by atoms with Gasteiger partial charge in [-0.15, -0.1) is 0 Å². The third kappa shape index (κ3) is 3.70. The maximum Gasteiger partial charge on any atom is 0.337 e. The summed E-state index contributed by atoms with van der Waals surface area (Å²) in [6.45, 7) is 5.38. The molecule has 24 heavy (non-hydrogen) atoms. The van der Waals surface area contributed by atoms with Crippen LogP contribution in [0.3, 0.4) is 0 Å². The number of nitrogens with zero attached hydrogens (tertiary/aromatic N) is 2. The molecule has 0 aliphatic heterocycles. The second kappa shape index (κ2) is 7.79. The Morgan fingerprint density at radius 2 is 2.29 bits per heavy atom. The first-order valence-electron chi connectivity index (χ1n) is 7.13. The summed E-state index contributed by atoms with van der Waals surface area (Å²) < 4.78 is 15.8. The van der Waals surface area contributed by atoms with Gasteiger partial charge in [-0.2, -0.15) is 5.26 Å². The van der Waals surface area contributed by atoms with E-state index in [4.69, 9.17) is 14.4 Å². The van der Waals surface area contributed by atoms with E-state index in [0.29, 0.717) is 33.9 Å². The van der Waals surface area contributed by atoms with Crippen molar-refractivity contribution in [1.29, 1.82) is 5.26 Å². The predicted octanol–water partition coefficient (Wildman–Crippen LogP) is 3.67. The van der Waals surface area contributed by atoms with Crippen LogP contribution in [-0.2, 0) is 16.1 Å². The van der Waals surface area contributed by atoms with Crippen LogP contribution in [0.4, 0.5) is 0 Å². The highest BCUT2D eigenvalue weighted by molar-refractivity contribution is 5.93. The lowest BCUT2D eigenvalue weighted by Crippen LogP contribution is -2.00. The molecule has 0 aliphatic rings. The Labute approximate surface area is 139 Å². The number of ether oxygens (including phenoxy) is 2. The molecule has 0 saturated carbocycles. The maximum atomic E-state index is 11.5. The van der Waals surface area contributed by atoms with Crippen molar-refractivity contribution in [2.24, 2.45) is 0 Å². The highest BCUT2D eigenvalue weighted by Gasteiger charge is 2.12. The summed E-state index contributed by atoms with van der Waals surface area (Å²) in [6, 6.07) is 6.88. The zero-order valence-electron chi connectivity index (χ0n) is 13.4. The molecule has 0 unspecified atom stereocenters. The number of hydrogen-bond acceptors (Lipinski definition) is 6. The highest BCUT2D eigenvalue weighted by atomic mass is 16.5. The number of aromatic nitrogens is 1. The van der Waals surface area contributed by atoms with E-state index in [1.807, 2.05) is 6.07 Å². The zero-order chi connectivity index (χ0) is 17.5. The van der Waals surface area contributed by atoms with E-state index >= 15 is 0 Å². The smallest absolute Gasteiger partial charge is 0.337 e. The molecule has 6 heteroatoms. The summed E-state index contributed by atoms with van der Waals surface area (Å²) in [5.74, 6) is 0.299. The fourth-order valence-corrected chi connectivity index (χ4v) is 2.03. The topological polar surface area (TPSA) is 85.3 Å². The Balaban J connectivity index is 2.19. The zero-order valence-corrected chi connectivity index (χ0v) is 13.4. The first kappa shape index (κ1) is 17.0. The van der Waals surface area contributed by atoms with Gasteiger partial charge in [0.2, 0.25) is 5.89 Å². The van der Waals surface area contributed by atoms with Gasteiger partial charge in [-0.25, -0.2) is 9.78 Å². The molecule has 0 bridgehead atoms. The van der Waals surface area contributed by atoms with Crippen LogP contribution >= 0.6 is 0 Å². The number of carbonyl (C=O) groups is 1. The molecular formula is C18H16N2O4. The molecular weight excluding hydrogens is 308 g/mol. The number of carbonyl (C=O) groups excluding carboxylic acids is 1. The minimum atomic E-state index is -0.449. The number of oxazole rings is 1. The average Bonchev–Trinajstić information content (AvgIpc) is 3.02. The molecule has 1 heterocycles. The van der Waals surface area contributed by atoms with Crippen LogP contribution in [0, 0.1) is 11.3 Å². The lowest BCUT2D eigenvalue weighted by Gasteiger charge is -2.06. The van der Waals surface area contributed by atoms with Crippen LogP contribution in [0.5, 0.6) is 0 Å². The number of fused-ring (bicyclic) bond motifs is 1. The van der Waals surface area contributed by atoms with Crippen molar-refractivity contribution in [2.75, 3.05) is 7.11 Å². The summed E-state index contributed by atoms with van der Waals surface area (Å²) in [5, 5.41) is 9.11. The van der Waals surface area contributed by atoms with Gasteiger partial charge in [-0.3, -0.25) is 0 Å². The average molecular weight is 324 g/mol. The van der Waals surface area contributed by atoms with E-state index < -0.39 is 5.97 Å². The van der Waals surface area contributed by atoms with Gasteiger partial charge in [0.1, 0.15) is 17.3 Å². The molecule has 0 saturated heterocycles. The van der Waals surface area contributed by atoms with E-state index in [-0.39, 0.29) is 6.61 Å². The SMILES string of the molecule is C=C/C=C(C#N)\C(=C/C)OCc1nc2ccc(C(=O)OC)cc2o1. The van der Waals surface area contributed by atoms with Crippen molar-refractivity contribution >= 4 is 17.1 Å². The number of allylic oxidation sites excluding steroid dienone is 4. The second-order valence-electron chi connectivity index (χ2n) is 4.65. The molecule has 6 nitrogen and oxygen atoms in total. The van der Waals surface area contributed by atoms with Crippen LogP contribution < -0.4 is 0 Å². The Morgan fingerprint density at radius 1 is 1.50 bits per heavy atom. The summed E-state index contributed by atoms with van der Waals surface area (Å²) in [4.78, 5) is 15.8. The van der Waals surface area contributed by atoms with Crippen LogP contribution in [-0.4, -0.2) is 18.1 Å². The predicted molar refractivity (Wildman–Crippen MR) is 87.8 cm³/mol. The molecule has 122 valence electrons. The number of benzene rings is 1. The van der Waals surface area contributed by atoms with Gasteiger partial charge in [0.25, 0.3) is 0 Å². The van der Waals surface area contributed by atoms with Crippen molar-refractivity contribution in [3.8, 4) is 6.07 Å². The lowest BCUT2D eigenvalue weighted by molar-refractivity contribution is 0.0600. The molecule has 2 rings (SSSR count). The third-order valence-electron chi connectivity index (χ3n) is 3.14. The molecule has 0 fully saturated rings. The normalized spacial score (nSPS) is 11.9. The van der Waals surface area contributed by atoms with Crippen molar-refractivity contribution in [1.82, 2.24) is 4.98 Å². The summed E-state index contributed by atoms with van der Waals surface area (Å²) >= 11 is 0. The van der Waals surface area contributed by atoms with Gasteiger partial charge >= 0.3 is 5.97 Å². The van der Waals surface area contributed by atoms with E-state index in [1.54, 1.807) is 37.3 Å². The standard InChI is InChI=1S/C18H16N2O4/c1-4-6-13(10-19)15(5-2)23-11-17-20-14-8-7-12(18(21)22-3)9-16(14)24-17/h4-9H,1,11H2,2-3H3/b13-6-,15-5+. The fourth-order valence-electron chi connectivity index (χ4n) is 2.03. The van der Waals surface area contributed by atoms with E-state index in [9.17, 15) is 4.79 Å². The van der Waals surface area contributed by atoms with Crippen LogP contribution in [0.25, 0.3) is 11.1 Å². The van der Waals surface area contributed by atoms with E-state index in [0.717, 1.165) is 0 Å². The second-order valence-corrected chi connectivity index (χ2v) is 4.65. The number of nitriles is 1. The summed E-state index contributed by atoms with van der Waals surface area (Å²) in [6.07, 6.45) is 4.75. The first-order valence-corrected chi connectivity index (χ1v) is 7.13. The largest absolute Gasteiger partial charge is 0.483 e. The van der Waals surface area contributed by atoms with Crippen molar-refractivity contribution in [3.05, 3.63) is 65.8 Å². The first-order chi connectivity index (χ1) is 11.6. The molecule has 0 radical (unpaired) electrons. The number of hydrogen-bond donors (Lipinski definition) is 0. The monoisotopic (exact) mass is 324 g/mol. The third-order valence-corrected chi connectivity index (χ3v) is 3.14. The fraction of sp³-hybridized carbons (Fsp3) is 0.167. The van der Waals surface area contributed by atoms with E-state index in [1.165, 1.54) is 13.2 Å². The molecule has 0 spiro atoms. The number of methoxy groups -OCH3 is 1. The summed E-state index contributed by atoms with van der Waals surface area (Å²) in [5.41, 5.74) is 1.80. The molecule has 1 aromatic heterocycles. The van der Waals surface area contributed by atoms with Gasteiger partial charge in [0.15, 0.2) is 12.2 Å². The Hall–Kier alpha value is -3.33. The van der Waals surface area contributed by atoms with Gasteiger partial charge in [-0.1, -0.05) is 12.7 Å². The molecule has 0 atom stereocenters. The maximum absolute atomic E-state index is 11.5. The highest BCUT2D eigenvalue weighted by Crippen LogP contribution is 2.20. The lowest BCUT2D eigenvalue weighted by atomic mass is 10.2. The van der Waals surface area contributed by atoms with Crippen molar-refractivity contribution in [3.63, 3.8) is 0 Å². The van der Waals surface area contributed by atoms with Crippen molar-refractivity contribution < 1.29 is 18.7 Å². The van der Waals surface area contributed by atoms with Gasteiger partial charge in [0, 0.05) is 0 Å². The molecule has 0 aliphatic carbocycles. The van der Waals surface area contributed by atoms with Crippen LogP contribution in [0.15, 0.2) is 58.8 Å². The molecule has 0 N–H and O–H groups in total. The van der Waals surface area contributed by atoms with Crippen LogP contribution in [0.2, 0.25) is 0 Å².